The molecule has 2 heterocycles. The highest BCUT2D eigenvalue weighted by Gasteiger charge is 2.31. The number of nitrogens with one attached hydrogen (secondary N) is 1. The molecule has 0 saturated carbocycles. The zero-order valence-electron chi connectivity index (χ0n) is 8.62. The predicted molar refractivity (Wildman–Crippen MR) is 59.5 cm³/mol. The second-order valence-corrected chi connectivity index (χ2v) is 5.37. The summed E-state index contributed by atoms with van der Waals surface area (Å²) in [5, 5.41) is 15.5. The van der Waals surface area contributed by atoms with Crippen LogP contribution < -0.4 is 0 Å². The fourth-order valence-electron chi connectivity index (χ4n) is 1.83. The molecule has 0 aromatic carbocycles. The maximum Gasteiger partial charge on any atom is 0.356 e. The molecule has 2 N–H and O–H groups in total. The number of hydrogen-bond donors (Lipinski definition) is 2. The molecule has 1 aromatic heterocycles. The van der Waals surface area contributed by atoms with E-state index in [0.717, 1.165) is 30.0 Å². The molecule has 0 unspecified atom stereocenters. The first-order valence-corrected chi connectivity index (χ1v) is 6.14. The number of carboxylic acids is 1. The van der Waals surface area contributed by atoms with Gasteiger partial charge in [0.2, 0.25) is 0 Å². The highest BCUT2D eigenvalue weighted by molar-refractivity contribution is 7.99. The molecule has 0 radical (unpaired) electrons. The Morgan fingerprint density at radius 2 is 2.27 bits per heavy atom. The van der Waals surface area contributed by atoms with Crippen LogP contribution in [-0.2, 0) is 5.41 Å². The summed E-state index contributed by atoms with van der Waals surface area (Å²) >= 11 is 1.95. The van der Waals surface area contributed by atoms with Crippen molar-refractivity contribution < 1.29 is 9.90 Å². The van der Waals surface area contributed by atoms with Gasteiger partial charge in [0.25, 0.3) is 0 Å². The van der Waals surface area contributed by atoms with Gasteiger partial charge in [-0.25, -0.2) is 4.79 Å². The summed E-state index contributed by atoms with van der Waals surface area (Å²) < 4.78 is 0. The highest BCUT2D eigenvalue weighted by atomic mass is 32.2. The van der Waals surface area contributed by atoms with Gasteiger partial charge in [-0.15, -0.1) is 0 Å². The first-order valence-electron chi connectivity index (χ1n) is 4.99. The van der Waals surface area contributed by atoms with E-state index in [1.54, 1.807) is 6.07 Å². The van der Waals surface area contributed by atoms with Gasteiger partial charge in [-0.3, -0.25) is 5.10 Å². The van der Waals surface area contributed by atoms with Gasteiger partial charge in [-0.1, -0.05) is 6.92 Å². The second kappa shape index (κ2) is 3.89. The lowest BCUT2D eigenvalue weighted by Crippen LogP contribution is -2.27. The molecule has 0 aliphatic carbocycles. The van der Waals surface area contributed by atoms with Gasteiger partial charge in [0.15, 0.2) is 5.69 Å². The molecule has 2 rings (SSSR count). The molecule has 82 valence electrons. The fourth-order valence-corrected chi connectivity index (χ4v) is 3.23. The Bertz CT molecular complexity index is 369. The van der Waals surface area contributed by atoms with Crippen LogP contribution in [-0.4, -0.2) is 32.8 Å². The quantitative estimate of drug-likeness (QED) is 0.808. The van der Waals surface area contributed by atoms with Gasteiger partial charge in [0, 0.05) is 11.1 Å². The molecule has 1 aliphatic rings. The molecule has 5 heteroatoms. The number of aromatic nitrogens is 2. The molecule has 0 bridgehead atoms. The van der Waals surface area contributed by atoms with E-state index in [1.807, 2.05) is 11.8 Å². The Hall–Kier alpha value is -0.970. The fraction of sp³-hybridized carbons (Fsp3) is 0.600. The van der Waals surface area contributed by atoms with Crippen molar-refractivity contribution in [3.05, 3.63) is 17.5 Å². The van der Waals surface area contributed by atoms with Crippen molar-refractivity contribution >= 4 is 17.7 Å². The lowest BCUT2D eigenvalue weighted by molar-refractivity contribution is 0.0690. The molecule has 1 aromatic rings. The summed E-state index contributed by atoms with van der Waals surface area (Å²) in [6.45, 7) is 2.17. The summed E-state index contributed by atoms with van der Waals surface area (Å²) in [6.07, 6.45) is 2.16. The first kappa shape index (κ1) is 10.5. The van der Waals surface area contributed by atoms with E-state index in [1.165, 1.54) is 0 Å². The van der Waals surface area contributed by atoms with Gasteiger partial charge in [-0.2, -0.15) is 16.9 Å². The average Bonchev–Trinajstić information content (AvgIpc) is 2.68. The molecule has 0 amide bonds. The van der Waals surface area contributed by atoms with Crippen molar-refractivity contribution in [3.8, 4) is 0 Å². The van der Waals surface area contributed by atoms with Gasteiger partial charge in [0.1, 0.15) is 0 Å². The van der Waals surface area contributed by atoms with Gasteiger partial charge in [0.05, 0.1) is 0 Å². The topological polar surface area (TPSA) is 66.0 Å². The van der Waals surface area contributed by atoms with Crippen molar-refractivity contribution in [3.63, 3.8) is 0 Å². The number of carbonyl (C=O) groups is 1. The molecule has 1 fully saturated rings. The number of nitrogens with zero attached hydrogens (tertiary/aromatic N) is 1. The van der Waals surface area contributed by atoms with Crippen LogP contribution in [0.1, 0.15) is 35.9 Å². The van der Waals surface area contributed by atoms with E-state index in [-0.39, 0.29) is 11.1 Å². The number of H-pyrrole nitrogens is 1. The number of rotatable bonds is 2. The Morgan fingerprint density at radius 1 is 1.60 bits per heavy atom. The summed E-state index contributed by atoms with van der Waals surface area (Å²) in [5.74, 6) is 1.31. The monoisotopic (exact) mass is 226 g/mol. The number of carboxylic acid groups (broad SMARTS) is 1. The van der Waals surface area contributed by atoms with Gasteiger partial charge >= 0.3 is 5.97 Å². The zero-order chi connectivity index (χ0) is 10.9. The minimum Gasteiger partial charge on any atom is -0.476 e. The van der Waals surface area contributed by atoms with Gasteiger partial charge in [-0.05, 0) is 30.4 Å². The number of hydrogen-bond acceptors (Lipinski definition) is 3. The van der Waals surface area contributed by atoms with Crippen LogP contribution in [0.3, 0.4) is 0 Å². The van der Waals surface area contributed by atoms with Crippen molar-refractivity contribution in [2.75, 3.05) is 11.5 Å². The standard InChI is InChI=1S/C10H14N2O2S/c1-10(2-4-15-5-3-10)8-6-7(9(13)14)11-12-8/h6H,2-5H2,1H3,(H,11,12)(H,13,14). The maximum atomic E-state index is 10.7. The Morgan fingerprint density at radius 3 is 2.80 bits per heavy atom. The van der Waals surface area contributed by atoms with Crippen LogP contribution in [0.5, 0.6) is 0 Å². The summed E-state index contributed by atoms with van der Waals surface area (Å²) in [7, 11) is 0. The molecular formula is C10H14N2O2S. The SMILES string of the molecule is CC1(c2cc(C(=O)O)n[nH]2)CCSCC1. The van der Waals surface area contributed by atoms with E-state index in [4.69, 9.17) is 5.11 Å². The molecule has 15 heavy (non-hydrogen) atoms. The van der Waals surface area contributed by atoms with E-state index in [9.17, 15) is 4.79 Å². The van der Waals surface area contributed by atoms with Crippen molar-refractivity contribution in [1.29, 1.82) is 0 Å². The summed E-state index contributed by atoms with van der Waals surface area (Å²) in [6, 6.07) is 1.66. The molecule has 0 atom stereocenters. The molecule has 1 saturated heterocycles. The van der Waals surface area contributed by atoms with Crippen molar-refractivity contribution in [2.45, 2.75) is 25.2 Å². The first-order chi connectivity index (χ1) is 7.12. The largest absolute Gasteiger partial charge is 0.476 e. The van der Waals surface area contributed by atoms with Crippen molar-refractivity contribution in [2.24, 2.45) is 0 Å². The molecule has 1 aliphatic heterocycles. The third-order valence-electron chi connectivity index (χ3n) is 3.04. The third kappa shape index (κ3) is 2.02. The minimum atomic E-state index is -0.966. The zero-order valence-corrected chi connectivity index (χ0v) is 9.43. The summed E-state index contributed by atoms with van der Waals surface area (Å²) in [5.41, 5.74) is 1.15. The number of thioether (sulfide) groups is 1. The highest BCUT2D eigenvalue weighted by Crippen LogP contribution is 2.36. The lowest BCUT2D eigenvalue weighted by Gasteiger charge is -2.31. The van der Waals surface area contributed by atoms with Crippen LogP contribution in [0, 0.1) is 0 Å². The normalized spacial score (nSPS) is 20.1. The van der Waals surface area contributed by atoms with Crippen LogP contribution in [0.25, 0.3) is 0 Å². The lowest BCUT2D eigenvalue weighted by atomic mass is 9.81. The molecular weight excluding hydrogens is 212 g/mol. The van der Waals surface area contributed by atoms with Crippen LogP contribution >= 0.6 is 11.8 Å². The third-order valence-corrected chi connectivity index (χ3v) is 4.03. The van der Waals surface area contributed by atoms with Crippen molar-refractivity contribution in [1.82, 2.24) is 10.2 Å². The average molecular weight is 226 g/mol. The van der Waals surface area contributed by atoms with Crippen LogP contribution in [0.2, 0.25) is 0 Å². The second-order valence-electron chi connectivity index (χ2n) is 4.15. The minimum absolute atomic E-state index is 0.0753. The Balaban J connectivity index is 2.23. The van der Waals surface area contributed by atoms with Gasteiger partial charge < -0.3 is 5.11 Å². The Labute approximate surface area is 92.5 Å². The predicted octanol–water partition coefficient (Wildman–Crippen LogP) is 1.89. The number of aromatic amines is 1. The summed E-state index contributed by atoms with van der Waals surface area (Å²) in [4.78, 5) is 10.7. The van der Waals surface area contributed by atoms with Crippen LogP contribution in [0.15, 0.2) is 6.07 Å². The molecule has 0 spiro atoms. The van der Waals surface area contributed by atoms with E-state index in [0.29, 0.717) is 0 Å². The maximum absolute atomic E-state index is 10.7. The van der Waals surface area contributed by atoms with E-state index < -0.39 is 5.97 Å². The smallest absolute Gasteiger partial charge is 0.356 e. The van der Waals surface area contributed by atoms with E-state index >= 15 is 0 Å². The number of aromatic carboxylic acids is 1. The molecule has 4 nitrogen and oxygen atoms in total. The Kier molecular flexibility index (Phi) is 2.73. The van der Waals surface area contributed by atoms with E-state index in [2.05, 4.69) is 17.1 Å². The van der Waals surface area contributed by atoms with Crippen LogP contribution in [0.4, 0.5) is 0 Å².